The number of rotatable bonds is 5. The third-order valence-electron chi connectivity index (χ3n) is 4.56. The molecular formula is C21H17BrFN3S. The largest absolute Gasteiger partial charge is 0.259 e. The molecule has 0 radical (unpaired) electrons. The Bertz CT molecular complexity index is 1060. The molecule has 27 heavy (non-hydrogen) atoms. The summed E-state index contributed by atoms with van der Waals surface area (Å²) < 4.78 is 16.4. The second-order valence-corrected chi connectivity index (χ2v) is 7.89. The molecule has 0 aliphatic carbocycles. The first kappa shape index (κ1) is 18.2. The normalized spacial score (nSPS) is 12.4. The van der Waals surface area contributed by atoms with Gasteiger partial charge in [-0.15, -0.1) is 3.89 Å². The minimum atomic E-state index is -0.156. The van der Waals surface area contributed by atoms with Crippen molar-refractivity contribution in [2.24, 2.45) is 0 Å². The highest BCUT2D eigenvalue weighted by molar-refractivity contribution is 9.10. The minimum absolute atomic E-state index is 0.156. The van der Waals surface area contributed by atoms with Crippen molar-refractivity contribution < 1.29 is 3.89 Å². The lowest BCUT2D eigenvalue weighted by Crippen LogP contribution is -2.11. The zero-order valence-electron chi connectivity index (χ0n) is 14.6. The van der Waals surface area contributed by atoms with Crippen LogP contribution in [-0.4, -0.2) is 13.9 Å². The van der Waals surface area contributed by atoms with E-state index in [1.807, 2.05) is 55.5 Å². The lowest BCUT2D eigenvalue weighted by Gasteiger charge is -2.16. The van der Waals surface area contributed by atoms with Gasteiger partial charge in [0.25, 0.3) is 0 Å². The quantitative estimate of drug-likeness (QED) is 0.366. The number of nitrogens with zero attached hydrogens (tertiary/aromatic N) is 3. The standard InChI is InChI=1S/C21H17BrFN3S/c1-14-7-10-20-19(11-14)25-21(26(20)27-23)17(12-15-5-3-2-4-6-15)18-9-8-16(22)13-24-18/h2-11,13,17H,12H2,1H3. The summed E-state index contributed by atoms with van der Waals surface area (Å²) in [7, 11) is 0. The van der Waals surface area contributed by atoms with Crippen molar-refractivity contribution in [1.82, 2.24) is 13.9 Å². The van der Waals surface area contributed by atoms with Crippen LogP contribution in [0.5, 0.6) is 0 Å². The number of fused-ring (bicyclic) bond motifs is 1. The van der Waals surface area contributed by atoms with E-state index in [0.717, 1.165) is 32.3 Å². The topological polar surface area (TPSA) is 30.7 Å². The summed E-state index contributed by atoms with van der Waals surface area (Å²) >= 11 is 3.63. The molecule has 0 saturated carbocycles. The van der Waals surface area contributed by atoms with Crippen LogP contribution in [0.1, 0.15) is 28.6 Å². The summed E-state index contributed by atoms with van der Waals surface area (Å²) in [6, 6.07) is 20.0. The fourth-order valence-electron chi connectivity index (χ4n) is 3.25. The van der Waals surface area contributed by atoms with Crippen LogP contribution in [0.15, 0.2) is 71.3 Å². The Morgan fingerprint density at radius 3 is 2.63 bits per heavy atom. The van der Waals surface area contributed by atoms with Gasteiger partial charge in [0.1, 0.15) is 5.82 Å². The Morgan fingerprint density at radius 2 is 1.93 bits per heavy atom. The van der Waals surface area contributed by atoms with E-state index in [4.69, 9.17) is 4.98 Å². The molecule has 0 aliphatic heterocycles. The Labute approximate surface area is 170 Å². The Hall–Kier alpha value is -2.18. The van der Waals surface area contributed by atoms with Crippen molar-refractivity contribution in [3.05, 3.63) is 94.0 Å². The summed E-state index contributed by atoms with van der Waals surface area (Å²) in [5, 5.41) is 0. The highest BCUT2D eigenvalue weighted by atomic mass is 79.9. The number of pyridine rings is 1. The predicted molar refractivity (Wildman–Crippen MR) is 112 cm³/mol. The molecule has 0 saturated heterocycles. The van der Waals surface area contributed by atoms with Crippen LogP contribution >= 0.6 is 28.3 Å². The first-order valence-corrected chi connectivity index (χ1v) is 10.1. The second-order valence-electron chi connectivity index (χ2n) is 6.47. The molecule has 4 aromatic rings. The SMILES string of the molecule is Cc1ccc2c(c1)nc(C(Cc1ccccc1)c1ccc(Br)cn1)n2SF. The predicted octanol–water partition coefficient (Wildman–Crippen LogP) is 6.26. The molecule has 0 N–H and O–H groups in total. The average Bonchev–Trinajstić information content (AvgIpc) is 3.05. The van der Waals surface area contributed by atoms with Crippen LogP contribution < -0.4 is 0 Å². The highest BCUT2D eigenvalue weighted by Crippen LogP contribution is 2.33. The van der Waals surface area contributed by atoms with Gasteiger partial charge in [0.15, 0.2) is 12.3 Å². The van der Waals surface area contributed by atoms with Crippen LogP contribution in [0, 0.1) is 6.92 Å². The molecule has 0 fully saturated rings. The monoisotopic (exact) mass is 441 g/mol. The molecule has 0 bridgehead atoms. The van der Waals surface area contributed by atoms with E-state index in [9.17, 15) is 3.89 Å². The molecule has 0 aliphatic rings. The van der Waals surface area contributed by atoms with Crippen molar-refractivity contribution in [2.75, 3.05) is 0 Å². The van der Waals surface area contributed by atoms with Gasteiger partial charge in [0.05, 0.1) is 22.6 Å². The molecule has 0 amide bonds. The van der Waals surface area contributed by atoms with E-state index >= 15 is 0 Å². The molecule has 1 atom stereocenters. The van der Waals surface area contributed by atoms with E-state index in [1.54, 1.807) is 10.2 Å². The maximum atomic E-state index is 13.9. The molecular weight excluding hydrogens is 425 g/mol. The molecule has 136 valence electrons. The van der Waals surface area contributed by atoms with Gasteiger partial charge in [-0.05, 0) is 64.7 Å². The summed E-state index contributed by atoms with van der Waals surface area (Å²) in [5.74, 6) is 0.512. The Balaban J connectivity index is 1.87. The summed E-state index contributed by atoms with van der Waals surface area (Å²) in [4.78, 5) is 9.37. The number of aromatic nitrogens is 3. The Morgan fingerprint density at radius 1 is 1.11 bits per heavy atom. The van der Waals surface area contributed by atoms with Crippen LogP contribution in [0.2, 0.25) is 0 Å². The lowest BCUT2D eigenvalue weighted by molar-refractivity contribution is 0.716. The van der Waals surface area contributed by atoms with Gasteiger partial charge in [-0.25, -0.2) is 8.96 Å². The average molecular weight is 442 g/mol. The number of halogens is 2. The van der Waals surface area contributed by atoms with E-state index in [-0.39, 0.29) is 18.3 Å². The van der Waals surface area contributed by atoms with Gasteiger partial charge in [0.2, 0.25) is 0 Å². The summed E-state index contributed by atoms with van der Waals surface area (Å²) in [6.45, 7) is 2.01. The van der Waals surface area contributed by atoms with Crippen LogP contribution in [0.4, 0.5) is 3.89 Å². The molecule has 0 spiro atoms. The van der Waals surface area contributed by atoms with Crippen molar-refractivity contribution >= 4 is 39.3 Å². The van der Waals surface area contributed by atoms with E-state index in [1.165, 1.54) is 0 Å². The fraction of sp³-hybridized carbons (Fsp3) is 0.143. The Kier molecular flexibility index (Phi) is 5.27. The maximum absolute atomic E-state index is 13.9. The van der Waals surface area contributed by atoms with Crippen molar-refractivity contribution in [3.63, 3.8) is 0 Å². The molecule has 4 rings (SSSR count). The van der Waals surface area contributed by atoms with Gasteiger partial charge < -0.3 is 0 Å². The molecule has 2 heterocycles. The van der Waals surface area contributed by atoms with Crippen LogP contribution in [0.3, 0.4) is 0 Å². The van der Waals surface area contributed by atoms with Gasteiger partial charge in [-0.1, -0.05) is 36.4 Å². The van der Waals surface area contributed by atoms with Gasteiger partial charge in [-0.3, -0.25) is 4.98 Å². The zero-order valence-corrected chi connectivity index (χ0v) is 17.0. The van der Waals surface area contributed by atoms with Crippen LogP contribution in [-0.2, 0) is 6.42 Å². The first-order valence-electron chi connectivity index (χ1n) is 8.59. The maximum Gasteiger partial charge on any atom is 0.171 e. The van der Waals surface area contributed by atoms with Crippen molar-refractivity contribution in [1.29, 1.82) is 0 Å². The van der Waals surface area contributed by atoms with Crippen molar-refractivity contribution in [3.8, 4) is 0 Å². The number of aryl methyl sites for hydroxylation is 1. The van der Waals surface area contributed by atoms with Gasteiger partial charge in [-0.2, -0.15) is 0 Å². The first-order chi connectivity index (χ1) is 13.2. The summed E-state index contributed by atoms with van der Waals surface area (Å²) in [5.41, 5.74) is 4.70. The third-order valence-corrected chi connectivity index (χ3v) is 5.55. The zero-order chi connectivity index (χ0) is 18.8. The molecule has 1 unspecified atom stereocenters. The lowest BCUT2D eigenvalue weighted by atomic mass is 9.95. The number of hydrogen-bond donors (Lipinski definition) is 0. The van der Waals surface area contributed by atoms with E-state index in [0.29, 0.717) is 12.2 Å². The highest BCUT2D eigenvalue weighted by Gasteiger charge is 2.24. The number of imidazole rings is 1. The summed E-state index contributed by atoms with van der Waals surface area (Å²) in [6.07, 6.45) is 2.46. The smallest absolute Gasteiger partial charge is 0.171 e. The number of benzene rings is 2. The van der Waals surface area contributed by atoms with Gasteiger partial charge in [0, 0.05) is 10.7 Å². The van der Waals surface area contributed by atoms with Crippen LogP contribution in [0.25, 0.3) is 11.0 Å². The third kappa shape index (κ3) is 3.77. The van der Waals surface area contributed by atoms with E-state index in [2.05, 4.69) is 33.0 Å². The molecule has 2 aromatic carbocycles. The number of hydrogen-bond acceptors (Lipinski definition) is 3. The van der Waals surface area contributed by atoms with E-state index < -0.39 is 0 Å². The van der Waals surface area contributed by atoms with Crippen molar-refractivity contribution in [2.45, 2.75) is 19.3 Å². The second kappa shape index (κ2) is 7.82. The minimum Gasteiger partial charge on any atom is -0.259 e. The van der Waals surface area contributed by atoms with Gasteiger partial charge >= 0.3 is 0 Å². The fourth-order valence-corrected chi connectivity index (χ4v) is 3.95. The molecule has 3 nitrogen and oxygen atoms in total. The molecule has 6 heteroatoms. The molecule has 2 aromatic heterocycles.